The molecule has 0 atom stereocenters. The van der Waals surface area contributed by atoms with Crippen LogP contribution in [0.15, 0.2) is 22.7 Å². The summed E-state index contributed by atoms with van der Waals surface area (Å²) in [6.45, 7) is 0. The van der Waals surface area contributed by atoms with Gasteiger partial charge in [-0.2, -0.15) is 13.2 Å². The molecule has 1 aromatic carbocycles. The molecule has 0 unspecified atom stereocenters. The highest BCUT2D eigenvalue weighted by Crippen LogP contribution is 2.61. The predicted octanol–water partition coefficient (Wildman–Crippen LogP) is 5.42. The molecule has 0 radical (unpaired) electrons. The lowest BCUT2D eigenvalue weighted by Gasteiger charge is -2.57. The summed E-state index contributed by atoms with van der Waals surface area (Å²) in [7, 11) is 0. The first-order chi connectivity index (χ1) is 11.2. The number of rotatable bonds is 2. The lowest BCUT2D eigenvalue weighted by Crippen LogP contribution is -2.48. The maximum atomic E-state index is 12.4. The summed E-state index contributed by atoms with van der Waals surface area (Å²) in [5.41, 5.74) is 1.56. The Balaban J connectivity index is 1.60. The van der Waals surface area contributed by atoms with E-state index in [2.05, 4.69) is 15.9 Å². The molecule has 4 aliphatic carbocycles. The van der Waals surface area contributed by atoms with E-state index in [1.54, 1.807) is 6.07 Å². The van der Waals surface area contributed by atoms with Crippen molar-refractivity contribution in [3.05, 3.63) is 28.2 Å². The molecule has 1 N–H and O–H groups in total. The van der Waals surface area contributed by atoms with Crippen LogP contribution < -0.4 is 5.32 Å². The monoisotopic (exact) mass is 401 g/mol. The Bertz CT molecular complexity index is 650. The molecule has 0 aliphatic heterocycles. The molecule has 4 aliphatic rings. The maximum absolute atomic E-state index is 12.4. The van der Waals surface area contributed by atoms with E-state index in [0.717, 1.165) is 17.8 Å². The van der Waals surface area contributed by atoms with Crippen LogP contribution in [0.2, 0.25) is 0 Å². The van der Waals surface area contributed by atoms with E-state index >= 15 is 0 Å². The molecule has 1 aromatic rings. The molecule has 5 rings (SSSR count). The summed E-state index contributed by atoms with van der Waals surface area (Å²) in [5.74, 6) is 0.477. The Hall–Kier alpha value is -1.04. The van der Waals surface area contributed by atoms with E-state index in [-0.39, 0.29) is 11.1 Å². The van der Waals surface area contributed by atoms with Crippen molar-refractivity contribution in [1.29, 1.82) is 0 Å². The first-order valence-electron chi connectivity index (χ1n) is 8.43. The number of nitrogens with one attached hydrogen (secondary N) is 1. The predicted molar refractivity (Wildman–Crippen MR) is 88.7 cm³/mol. The molecule has 0 saturated heterocycles. The molecular weight excluding hydrogens is 383 g/mol. The van der Waals surface area contributed by atoms with E-state index in [1.165, 1.54) is 44.1 Å². The minimum Gasteiger partial charge on any atom is -0.317 e. The van der Waals surface area contributed by atoms with E-state index < -0.39 is 12.1 Å². The van der Waals surface area contributed by atoms with E-state index in [0.29, 0.717) is 4.47 Å². The van der Waals surface area contributed by atoms with Gasteiger partial charge in [-0.15, -0.1) is 0 Å². The van der Waals surface area contributed by atoms with Crippen molar-refractivity contribution in [2.24, 2.45) is 17.8 Å². The number of benzene rings is 1. The molecule has 2 nitrogen and oxygen atoms in total. The first-order valence-corrected chi connectivity index (χ1v) is 9.23. The molecule has 24 heavy (non-hydrogen) atoms. The highest BCUT2D eigenvalue weighted by atomic mass is 79.9. The third kappa shape index (κ3) is 2.76. The van der Waals surface area contributed by atoms with Crippen molar-refractivity contribution in [1.82, 2.24) is 0 Å². The molecule has 130 valence electrons. The zero-order valence-electron chi connectivity index (χ0n) is 13.1. The molecule has 0 aromatic heterocycles. The van der Waals surface area contributed by atoms with Gasteiger partial charge in [0.2, 0.25) is 0 Å². The standard InChI is InChI=1S/C18H19BrF3NO/c19-14-6-13(1-2-15(14)23-16(24)18(20,21)22)17-7-10-3-11(8-17)5-12(4-10)9-17/h1-2,6,10-12H,3-5,7-9H2,(H,23,24). The van der Waals surface area contributed by atoms with Gasteiger partial charge in [-0.3, -0.25) is 4.79 Å². The quantitative estimate of drug-likeness (QED) is 0.704. The van der Waals surface area contributed by atoms with Crippen molar-refractivity contribution in [3.63, 3.8) is 0 Å². The SMILES string of the molecule is O=C(Nc1ccc(C23CC4CC(CC(C4)C2)C3)cc1Br)C(F)(F)F. The van der Waals surface area contributed by atoms with Crippen LogP contribution in [-0.2, 0) is 10.2 Å². The smallest absolute Gasteiger partial charge is 0.317 e. The van der Waals surface area contributed by atoms with Gasteiger partial charge in [0.05, 0.1) is 5.69 Å². The minimum absolute atomic E-state index is 0.172. The van der Waals surface area contributed by atoms with Crippen LogP contribution in [0.3, 0.4) is 0 Å². The highest BCUT2D eigenvalue weighted by Gasteiger charge is 2.51. The Labute approximate surface area is 147 Å². The highest BCUT2D eigenvalue weighted by molar-refractivity contribution is 9.10. The third-order valence-corrected chi connectivity index (χ3v) is 6.78. The van der Waals surface area contributed by atoms with Crippen LogP contribution in [0.4, 0.5) is 18.9 Å². The zero-order valence-corrected chi connectivity index (χ0v) is 14.7. The summed E-state index contributed by atoms with van der Waals surface area (Å²) in [4.78, 5) is 11.1. The summed E-state index contributed by atoms with van der Waals surface area (Å²) in [6.07, 6.45) is 2.75. The van der Waals surface area contributed by atoms with Crippen LogP contribution in [0.5, 0.6) is 0 Å². The van der Waals surface area contributed by atoms with Crippen molar-refractivity contribution >= 4 is 27.5 Å². The number of anilines is 1. The van der Waals surface area contributed by atoms with Crippen LogP contribution in [0.1, 0.15) is 44.1 Å². The number of hydrogen-bond donors (Lipinski definition) is 1. The average Bonchev–Trinajstić information content (AvgIpc) is 2.46. The lowest BCUT2D eigenvalue weighted by atomic mass is 9.48. The molecule has 4 bridgehead atoms. The minimum atomic E-state index is -4.88. The van der Waals surface area contributed by atoms with Gasteiger partial charge in [-0.05, 0) is 95.3 Å². The van der Waals surface area contributed by atoms with E-state index in [1.807, 2.05) is 17.4 Å². The zero-order chi connectivity index (χ0) is 17.1. The normalized spacial score (nSPS) is 34.4. The van der Waals surface area contributed by atoms with Crippen LogP contribution in [0, 0.1) is 17.8 Å². The lowest BCUT2D eigenvalue weighted by molar-refractivity contribution is -0.167. The summed E-state index contributed by atoms with van der Waals surface area (Å²) in [5, 5.41) is 1.94. The fourth-order valence-electron chi connectivity index (χ4n) is 5.60. The average molecular weight is 402 g/mol. The molecular formula is C18H19BrF3NO. The number of carbonyl (C=O) groups is 1. The second-order valence-corrected chi connectivity index (χ2v) is 8.70. The molecule has 4 fully saturated rings. The van der Waals surface area contributed by atoms with Gasteiger partial charge < -0.3 is 5.32 Å². The topological polar surface area (TPSA) is 29.1 Å². The van der Waals surface area contributed by atoms with Crippen LogP contribution in [0.25, 0.3) is 0 Å². The fourth-order valence-corrected chi connectivity index (χ4v) is 6.08. The van der Waals surface area contributed by atoms with Gasteiger partial charge in [0.15, 0.2) is 0 Å². The van der Waals surface area contributed by atoms with Crippen molar-refractivity contribution in [3.8, 4) is 0 Å². The maximum Gasteiger partial charge on any atom is 0.471 e. The fraction of sp³-hybridized carbons (Fsp3) is 0.611. The Morgan fingerprint density at radius 1 is 1.08 bits per heavy atom. The van der Waals surface area contributed by atoms with Crippen molar-refractivity contribution in [2.45, 2.75) is 50.1 Å². The third-order valence-electron chi connectivity index (χ3n) is 6.13. The number of hydrogen-bond acceptors (Lipinski definition) is 1. The number of halogens is 4. The molecule has 0 spiro atoms. The van der Waals surface area contributed by atoms with Crippen LogP contribution >= 0.6 is 15.9 Å². The Morgan fingerprint density at radius 2 is 1.62 bits per heavy atom. The molecule has 0 heterocycles. The second kappa shape index (κ2) is 5.48. The van der Waals surface area contributed by atoms with Gasteiger partial charge in [0.25, 0.3) is 0 Å². The van der Waals surface area contributed by atoms with Gasteiger partial charge in [0, 0.05) is 4.47 Å². The summed E-state index contributed by atoms with van der Waals surface area (Å²) < 4.78 is 37.8. The number of carbonyl (C=O) groups excluding carboxylic acids is 1. The Morgan fingerprint density at radius 3 is 2.08 bits per heavy atom. The van der Waals surface area contributed by atoms with E-state index in [4.69, 9.17) is 0 Å². The number of amides is 1. The number of alkyl halides is 3. The second-order valence-electron chi connectivity index (χ2n) is 7.84. The summed E-state index contributed by atoms with van der Waals surface area (Å²) >= 11 is 3.34. The van der Waals surface area contributed by atoms with Crippen molar-refractivity contribution < 1.29 is 18.0 Å². The molecule has 6 heteroatoms. The molecule has 1 amide bonds. The van der Waals surface area contributed by atoms with Crippen molar-refractivity contribution in [2.75, 3.05) is 5.32 Å². The molecule has 4 saturated carbocycles. The Kier molecular flexibility index (Phi) is 3.75. The van der Waals surface area contributed by atoms with Crippen LogP contribution in [-0.4, -0.2) is 12.1 Å². The van der Waals surface area contributed by atoms with Gasteiger partial charge >= 0.3 is 12.1 Å². The summed E-state index contributed by atoms with van der Waals surface area (Å²) in [6, 6.07) is 5.42. The first kappa shape index (κ1) is 16.4. The van der Waals surface area contributed by atoms with Gasteiger partial charge in [-0.25, -0.2) is 0 Å². The largest absolute Gasteiger partial charge is 0.471 e. The van der Waals surface area contributed by atoms with Gasteiger partial charge in [0.1, 0.15) is 0 Å². The van der Waals surface area contributed by atoms with E-state index in [9.17, 15) is 18.0 Å². The van der Waals surface area contributed by atoms with Gasteiger partial charge in [-0.1, -0.05) is 6.07 Å².